The lowest BCUT2D eigenvalue weighted by Gasteiger charge is -2.21. The van der Waals surface area contributed by atoms with Crippen LogP contribution in [0.5, 0.6) is 0 Å². The number of aliphatic imine (C=N–C) groups is 1. The molecule has 1 aromatic heterocycles. The summed E-state index contributed by atoms with van der Waals surface area (Å²) >= 11 is 0. The largest absolute Gasteiger partial charge is 0.355 e. The number of nitrogens with zero attached hydrogens (tertiary/aromatic N) is 3. The van der Waals surface area contributed by atoms with Gasteiger partial charge in [0.15, 0.2) is 5.96 Å². The Morgan fingerprint density at radius 2 is 1.84 bits per heavy atom. The fraction of sp³-hybridized carbons (Fsp3) is 0.643. The number of nitrogens with one attached hydrogen (secondary N) is 2. The Kier molecular flexibility index (Phi) is 7.03. The molecule has 0 spiro atoms. The second-order valence-corrected chi connectivity index (χ2v) is 4.92. The van der Waals surface area contributed by atoms with E-state index in [-0.39, 0.29) is 0 Å². The van der Waals surface area contributed by atoms with E-state index in [2.05, 4.69) is 58.4 Å². The van der Waals surface area contributed by atoms with Crippen molar-refractivity contribution >= 4 is 5.96 Å². The SMILES string of the molecule is CN=C(NCCN(C)C(C)C)NCCn1cccc1. The fourth-order valence-electron chi connectivity index (χ4n) is 1.65. The number of aromatic nitrogens is 1. The minimum atomic E-state index is 0.575. The van der Waals surface area contributed by atoms with Crippen LogP contribution in [0, 0.1) is 0 Å². The summed E-state index contributed by atoms with van der Waals surface area (Å²) in [6, 6.07) is 4.65. The normalized spacial score (nSPS) is 12.2. The fourth-order valence-corrected chi connectivity index (χ4v) is 1.65. The van der Waals surface area contributed by atoms with Crippen LogP contribution in [0.3, 0.4) is 0 Å². The molecule has 0 bridgehead atoms. The van der Waals surface area contributed by atoms with Gasteiger partial charge in [-0.05, 0) is 33.0 Å². The van der Waals surface area contributed by atoms with Gasteiger partial charge >= 0.3 is 0 Å². The van der Waals surface area contributed by atoms with Crippen molar-refractivity contribution in [2.24, 2.45) is 4.99 Å². The third-order valence-corrected chi connectivity index (χ3v) is 3.19. The summed E-state index contributed by atoms with van der Waals surface area (Å²) in [7, 11) is 3.94. The Labute approximate surface area is 116 Å². The van der Waals surface area contributed by atoms with Gasteiger partial charge in [-0.2, -0.15) is 0 Å². The Bertz CT molecular complexity index is 356. The molecule has 0 saturated carbocycles. The molecule has 108 valence electrons. The molecule has 0 saturated heterocycles. The van der Waals surface area contributed by atoms with E-state index in [9.17, 15) is 0 Å². The van der Waals surface area contributed by atoms with Gasteiger partial charge in [-0.15, -0.1) is 0 Å². The molecule has 1 aromatic rings. The van der Waals surface area contributed by atoms with Crippen LogP contribution in [0.1, 0.15) is 13.8 Å². The summed E-state index contributed by atoms with van der Waals surface area (Å²) in [5, 5.41) is 6.63. The summed E-state index contributed by atoms with van der Waals surface area (Å²) in [5.74, 6) is 0.865. The number of hydrogen-bond donors (Lipinski definition) is 2. The van der Waals surface area contributed by atoms with Crippen molar-refractivity contribution in [3.05, 3.63) is 24.5 Å². The van der Waals surface area contributed by atoms with Crippen molar-refractivity contribution in [3.8, 4) is 0 Å². The Hall–Kier alpha value is -1.49. The summed E-state index contributed by atoms with van der Waals surface area (Å²) in [6.45, 7) is 8.12. The zero-order valence-corrected chi connectivity index (χ0v) is 12.6. The third-order valence-electron chi connectivity index (χ3n) is 3.19. The van der Waals surface area contributed by atoms with Crippen LogP contribution in [0.2, 0.25) is 0 Å². The van der Waals surface area contributed by atoms with Crippen LogP contribution >= 0.6 is 0 Å². The molecule has 0 amide bonds. The summed E-state index contributed by atoms with van der Waals surface area (Å²) in [4.78, 5) is 6.52. The molecule has 0 atom stereocenters. The molecule has 0 aliphatic rings. The Morgan fingerprint density at radius 3 is 2.42 bits per heavy atom. The highest BCUT2D eigenvalue weighted by molar-refractivity contribution is 5.79. The average Bonchev–Trinajstić information content (AvgIpc) is 2.89. The standard InChI is InChI=1S/C14H27N5/c1-13(2)18(4)11-7-16-14(15-3)17-8-12-19-9-5-6-10-19/h5-6,9-10,13H,7-8,11-12H2,1-4H3,(H2,15,16,17). The molecule has 0 aromatic carbocycles. The molecule has 0 aliphatic heterocycles. The molecule has 5 nitrogen and oxygen atoms in total. The third kappa shape index (κ3) is 6.29. The van der Waals surface area contributed by atoms with Crippen LogP contribution in [0.4, 0.5) is 0 Å². The molecule has 19 heavy (non-hydrogen) atoms. The maximum absolute atomic E-state index is 4.22. The topological polar surface area (TPSA) is 44.6 Å². The minimum absolute atomic E-state index is 0.575. The highest BCUT2D eigenvalue weighted by Crippen LogP contribution is 1.91. The zero-order chi connectivity index (χ0) is 14.1. The van der Waals surface area contributed by atoms with E-state index >= 15 is 0 Å². The predicted molar refractivity (Wildman–Crippen MR) is 81.6 cm³/mol. The van der Waals surface area contributed by atoms with Gasteiger partial charge in [0.05, 0.1) is 0 Å². The van der Waals surface area contributed by atoms with Crippen molar-refractivity contribution in [1.29, 1.82) is 0 Å². The second-order valence-electron chi connectivity index (χ2n) is 4.92. The van der Waals surface area contributed by atoms with E-state index in [0.29, 0.717) is 6.04 Å². The Morgan fingerprint density at radius 1 is 1.21 bits per heavy atom. The molecule has 0 aliphatic carbocycles. The summed E-state index contributed by atoms with van der Waals surface area (Å²) in [5.41, 5.74) is 0. The first-order valence-corrected chi connectivity index (χ1v) is 6.89. The number of hydrogen-bond acceptors (Lipinski definition) is 2. The first-order chi connectivity index (χ1) is 9.13. The average molecular weight is 265 g/mol. The van der Waals surface area contributed by atoms with Crippen LogP contribution in [-0.4, -0.2) is 55.2 Å². The van der Waals surface area contributed by atoms with Gasteiger partial charge in [-0.25, -0.2) is 0 Å². The lowest BCUT2D eigenvalue weighted by molar-refractivity contribution is 0.278. The van der Waals surface area contributed by atoms with E-state index in [4.69, 9.17) is 0 Å². The molecular weight excluding hydrogens is 238 g/mol. The van der Waals surface area contributed by atoms with Crippen LogP contribution in [-0.2, 0) is 6.54 Å². The van der Waals surface area contributed by atoms with Crippen molar-refractivity contribution in [2.45, 2.75) is 26.4 Å². The van der Waals surface area contributed by atoms with E-state index in [1.165, 1.54) is 0 Å². The van der Waals surface area contributed by atoms with Gasteiger partial charge in [-0.3, -0.25) is 4.99 Å². The second kappa shape index (κ2) is 8.58. The van der Waals surface area contributed by atoms with Crippen LogP contribution in [0.15, 0.2) is 29.5 Å². The number of rotatable bonds is 7. The molecule has 5 heteroatoms. The molecule has 2 N–H and O–H groups in total. The molecule has 0 radical (unpaired) electrons. The van der Waals surface area contributed by atoms with Crippen molar-refractivity contribution in [3.63, 3.8) is 0 Å². The van der Waals surface area contributed by atoms with E-state index in [1.54, 1.807) is 7.05 Å². The first kappa shape index (κ1) is 15.6. The number of guanidine groups is 1. The Balaban J connectivity index is 2.16. The zero-order valence-electron chi connectivity index (χ0n) is 12.6. The highest BCUT2D eigenvalue weighted by atomic mass is 15.2. The molecular formula is C14H27N5. The monoisotopic (exact) mass is 265 g/mol. The van der Waals surface area contributed by atoms with Crippen LogP contribution in [0.25, 0.3) is 0 Å². The van der Waals surface area contributed by atoms with Crippen molar-refractivity contribution in [2.75, 3.05) is 33.7 Å². The number of likely N-dealkylation sites (N-methyl/N-ethyl adjacent to an activating group) is 1. The maximum atomic E-state index is 4.22. The molecule has 0 unspecified atom stereocenters. The van der Waals surface area contributed by atoms with Crippen molar-refractivity contribution in [1.82, 2.24) is 20.1 Å². The highest BCUT2D eigenvalue weighted by Gasteiger charge is 2.03. The van der Waals surface area contributed by atoms with Gasteiger partial charge in [0.2, 0.25) is 0 Å². The lowest BCUT2D eigenvalue weighted by atomic mass is 10.3. The summed E-state index contributed by atoms with van der Waals surface area (Å²) < 4.78 is 2.15. The van der Waals surface area contributed by atoms with Gasteiger partial charge in [0.1, 0.15) is 0 Å². The maximum Gasteiger partial charge on any atom is 0.191 e. The van der Waals surface area contributed by atoms with Gasteiger partial charge < -0.3 is 20.1 Å². The molecule has 1 rings (SSSR count). The predicted octanol–water partition coefficient (Wildman–Crippen LogP) is 0.993. The minimum Gasteiger partial charge on any atom is -0.355 e. The molecule has 0 fully saturated rings. The van der Waals surface area contributed by atoms with E-state index < -0.39 is 0 Å². The summed E-state index contributed by atoms with van der Waals surface area (Å²) in [6.07, 6.45) is 4.13. The van der Waals surface area contributed by atoms with Gasteiger partial charge in [0, 0.05) is 51.7 Å². The van der Waals surface area contributed by atoms with E-state index in [1.807, 2.05) is 12.1 Å². The smallest absolute Gasteiger partial charge is 0.191 e. The lowest BCUT2D eigenvalue weighted by Crippen LogP contribution is -2.42. The van der Waals surface area contributed by atoms with Crippen molar-refractivity contribution < 1.29 is 0 Å². The first-order valence-electron chi connectivity index (χ1n) is 6.89. The quantitative estimate of drug-likeness (QED) is 0.571. The van der Waals surface area contributed by atoms with E-state index in [0.717, 1.165) is 32.1 Å². The molecule has 1 heterocycles. The van der Waals surface area contributed by atoms with Crippen LogP contribution < -0.4 is 10.6 Å². The van der Waals surface area contributed by atoms with Gasteiger partial charge in [0.25, 0.3) is 0 Å². The van der Waals surface area contributed by atoms with Gasteiger partial charge in [-0.1, -0.05) is 0 Å².